The molecule has 1 atom stereocenters. The summed E-state index contributed by atoms with van der Waals surface area (Å²) in [5, 5.41) is 19.4. The van der Waals surface area contributed by atoms with Gasteiger partial charge in [-0.2, -0.15) is 0 Å². The number of hydrogen-bond acceptors (Lipinski definition) is 6. The van der Waals surface area contributed by atoms with Crippen molar-refractivity contribution in [1.82, 2.24) is 16.0 Å². The summed E-state index contributed by atoms with van der Waals surface area (Å²) in [4.78, 5) is 23.9. The lowest BCUT2D eigenvalue weighted by Gasteiger charge is -2.28. The van der Waals surface area contributed by atoms with Crippen LogP contribution in [0.5, 0.6) is 5.75 Å². The minimum atomic E-state index is -0.871. The summed E-state index contributed by atoms with van der Waals surface area (Å²) in [6.45, 7) is 3.87. The SMILES string of the molecule is CC(C)(CNC(=O)CNC(=O)COc1ccccc1)NCC(O)c1cc(Cl)c(N)c(Cl)c1. The number of nitrogen functional groups attached to an aromatic ring is 1. The Morgan fingerprint density at radius 3 is 2.34 bits per heavy atom. The molecule has 2 aromatic carbocycles. The Hall–Kier alpha value is -2.52. The van der Waals surface area contributed by atoms with Gasteiger partial charge in [0, 0.05) is 18.6 Å². The first kappa shape index (κ1) is 25.7. The summed E-state index contributed by atoms with van der Waals surface area (Å²) in [5.41, 5.74) is 5.98. The zero-order valence-corrected chi connectivity index (χ0v) is 19.5. The number of anilines is 1. The average molecular weight is 483 g/mol. The van der Waals surface area contributed by atoms with E-state index in [2.05, 4.69) is 16.0 Å². The van der Waals surface area contributed by atoms with Crippen LogP contribution in [-0.2, 0) is 9.59 Å². The highest BCUT2D eigenvalue weighted by Crippen LogP contribution is 2.31. The number of aliphatic hydroxyl groups excluding tert-OH is 1. The molecule has 0 bridgehead atoms. The molecule has 0 radical (unpaired) electrons. The number of carbonyl (C=O) groups excluding carboxylic acids is 2. The second-order valence-corrected chi connectivity index (χ2v) is 8.65. The van der Waals surface area contributed by atoms with Crippen molar-refractivity contribution in [2.24, 2.45) is 0 Å². The minimum Gasteiger partial charge on any atom is -0.484 e. The largest absolute Gasteiger partial charge is 0.484 e. The lowest BCUT2D eigenvalue weighted by Crippen LogP contribution is -2.51. The molecule has 0 aliphatic rings. The lowest BCUT2D eigenvalue weighted by atomic mass is 10.0. The van der Waals surface area contributed by atoms with Crippen LogP contribution in [0.1, 0.15) is 25.5 Å². The van der Waals surface area contributed by atoms with Gasteiger partial charge in [-0.05, 0) is 43.7 Å². The smallest absolute Gasteiger partial charge is 0.258 e. The first-order valence-corrected chi connectivity index (χ1v) is 10.7. The van der Waals surface area contributed by atoms with Gasteiger partial charge in [0.05, 0.1) is 28.4 Å². The summed E-state index contributed by atoms with van der Waals surface area (Å²) in [7, 11) is 0. The molecule has 1 unspecified atom stereocenters. The molecule has 2 amide bonds. The summed E-state index contributed by atoms with van der Waals surface area (Å²) < 4.78 is 5.33. The van der Waals surface area contributed by atoms with Gasteiger partial charge in [0.25, 0.3) is 5.91 Å². The Labute approximate surface area is 197 Å². The predicted molar refractivity (Wildman–Crippen MR) is 126 cm³/mol. The molecule has 8 nitrogen and oxygen atoms in total. The molecule has 32 heavy (non-hydrogen) atoms. The van der Waals surface area contributed by atoms with E-state index in [1.807, 2.05) is 19.9 Å². The lowest BCUT2D eigenvalue weighted by molar-refractivity contribution is -0.127. The Balaban J connectivity index is 1.70. The number of hydrogen-bond donors (Lipinski definition) is 5. The Kier molecular flexibility index (Phi) is 9.59. The number of ether oxygens (including phenoxy) is 1. The number of benzene rings is 2. The van der Waals surface area contributed by atoms with Gasteiger partial charge in [-0.25, -0.2) is 0 Å². The van der Waals surface area contributed by atoms with Gasteiger partial charge in [0.1, 0.15) is 5.75 Å². The number of carbonyl (C=O) groups is 2. The molecule has 0 saturated carbocycles. The molecular weight excluding hydrogens is 455 g/mol. The van der Waals surface area contributed by atoms with E-state index in [1.54, 1.807) is 36.4 Å². The molecule has 10 heteroatoms. The zero-order chi connectivity index (χ0) is 23.7. The highest BCUT2D eigenvalue weighted by molar-refractivity contribution is 6.38. The average Bonchev–Trinajstić information content (AvgIpc) is 2.77. The first-order chi connectivity index (χ1) is 15.1. The van der Waals surface area contributed by atoms with Gasteiger partial charge in [-0.1, -0.05) is 41.4 Å². The molecule has 0 aromatic heterocycles. The number of amides is 2. The second-order valence-electron chi connectivity index (χ2n) is 7.83. The van der Waals surface area contributed by atoms with E-state index in [4.69, 9.17) is 33.7 Å². The van der Waals surface area contributed by atoms with Gasteiger partial charge in [-0.3, -0.25) is 9.59 Å². The molecule has 6 N–H and O–H groups in total. The maximum Gasteiger partial charge on any atom is 0.258 e. The Bertz CT molecular complexity index is 902. The molecule has 0 saturated heterocycles. The van der Waals surface area contributed by atoms with E-state index in [0.29, 0.717) is 11.3 Å². The third kappa shape index (κ3) is 8.55. The van der Waals surface area contributed by atoms with Crippen LogP contribution in [0.25, 0.3) is 0 Å². The minimum absolute atomic E-state index is 0.169. The Morgan fingerprint density at radius 2 is 1.72 bits per heavy atom. The van der Waals surface area contributed by atoms with E-state index in [-0.39, 0.29) is 47.9 Å². The topological polar surface area (TPSA) is 126 Å². The quantitative estimate of drug-likeness (QED) is 0.313. The number of β-amino-alcohol motifs (C(OH)–C–C–N with tert-alkyl or cyclic N) is 1. The van der Waals surface area contributed by atoms with Crippen molar-refractivity contribution in [2.45, 2.75) is 25.5 Å². The van der Waals surface area contributed by atoms with Crippen molar-refractivity contribution < 1.29 is 19.4 Å². The molecular formula is C22H28Cl2N4O4. The molecule has 0 spiro atoms. The van der Waals surface area contributed by atoms with Crippen molar-refractivity contribution in [2.75, 3.05) is 32.0 Å². The highest BCUT2D eigenvalue weighted by atomic mass is 35.5. The van der Waals surface area contributed by atoms with Crippen molar-refractivity contribution in [1.29, 1.82) is 0 Å². The Morgan fingerprint density at radius 1 is 1.09 bits per heavy atom. The summed E-state index contributed by atoms with van der Waals surface area (Å²) in [6.07, 6.45) is -0.871. The number of halogens is 2. The molecule has 0 aliphatic carbocycles. The standard InChI is InChI=1S/C22H28Cl2N4O4/c1-22(2,28-10-18(29)14-8-16(23)21(25)17(24)9-14)13-27-19(30)11-26-20(31)12-32-15-6-4-3-5-7-15/h3-9,18,28-29H,10-13,25H2,1-2H3,(H,26,31)(H,27,30). The molecule has 2 aromatic rings. The monoisotopic (exact) mass is 482 g/mol. The number of nitrogens with one attached hydrogen (secondary N) is 3. The van der Waals surface area contributed by atoms with Crippen LogP contribution < -0.4 is 26.4 Å². The number of para-hydroxylation sites is 1. The van der Waals surface area contributed by atoms with Crippen LogP contribution in [0.2, 0.25) is 10.0 Å². The fourth-order valence-electron chi connectivity index (χ4n) is 2.63. The van der Waals surface area contributed by atoms with E-state index >= 15 is 0 Å². The van der Waals surface area contributed by atoms with Crippen molar-refractivity contribution in [3.63, 3.8) is 0 Å². The van der Waals surface area contributed by atoms with Gasteiger partial charge in [0.2, 0.25) is 5.91 Å². The number of rotatable bonds is 11. The van der Waals surface area contributed by atoms with Crippen LogP contribution in [0.3, 0.4) is 0 Å². The van der Waals surface area contributed by atoms with Crippen molar-refractivity contribution in [3.8, 4) is 5.75 Å². The van der Waals surface area contributed by atoms with Crippen LogP contribution >= 0.6 is 23.2 Å². The van der Waals surface area contributed by atoms with Crippen molar-refractivity contribution in [3.05, 3.63) is 58.1 Å². The normalized spacial score (nSPS) is 12.2. The number of nitrogens with two attached hydrogens (primary N) is 1. The third-order valence-corrected chi connectivity index (χ3v) is 5.17. The van der Waals surface area contributed by atoms with E-state index in [0.717, 1.165) is 0 Å². The maximum atomic E-state index is 12.0. The van der Waals surface area contributed by atoms with Gasteiger partial charge in [0.15, 0.2) is 6.61 Å². The first-order valence-electron chi connectivity index (χ1n) is 9.96. The molecule has 0 aliphatic heterocycles. The second kappa shape index (κ2) is 11.9. The highest BCUT2D eigenvalue weighted by Gasteiger charge is 2.21. The third-order valence-electron chi connectivity index (χ3n) is 4.55. The molecule has 174 valence electrons. The fraction of sp³-hybridized carbons (Fsp3) is 0.364. The van der Waals surface area contributed by atoms with Crippen LogP contribution in [0, 0.1) is 0 Å². The summed E-state index contributed by atoms with van der Waals surface area (Å²) in [6, 6.07) is 12.1. The number of aliphatic hydroxyl groups is 1. The molecule has 0 fully saturated rings. The summed E-state index contributed by atoms with van der Waals surface area (Å²) >= 11 is 12.0. The van der Waals surface area contributed by atoms with Crippen molar-refractivity contribution >= 4 is 40.7 Å². The molecule has 0 heterocycles. The zero-order valence-electron chi connectivity index (χ0n) is 18.0. The van der Waals surface area contributed by atoms with E-state index < -0.39 is 17.6 Å². The molecule has 2 rings (SSSR count). The summed E-state index contributed by atoms with van der Waals surface area (Å²) in [5.74, 6) is -0.165. The van der Waals surface area contributed by atoms with Crippen LogP contribution in [0.4, 0.5) is 5.69 Å². The van der Waals surface area contributed by atoms with Crippen LogP contribution in [-0.4, -0.2) is 48.7 Å². The van der Waals surface area contributed by atoms with Gasteiger partial charge >= 0.3 is 0 Å². The fourth-order valence-corrected chi connectivity index (χ4v) is 3.13. The van der Waals surface area contributed by atoms with Gasteiger partial charge in [-0.15, -0.1) is 0 Å². The van der Waals surface area contributed by atoms with E-state index in [1.165, 1.54) is 0 Å². The van der Waals surface area contributed by atoms with Crippen LogP contribution in [0.15, 0.2) is 42.5 Å². The van der Waals surface area contributed by atoms with Gasteiger partial charge < -0.3 is 31.5 Å². The maximum absolute atomic E-state index is 12.0. The predicted octanol–water partition coefficient (Wildman–Crippen LogP) is 2.29. The van der Waals surface area contributed by atoms with E-state index in [9.17, 15) is 14.7 Å².